The molecule has 0 bridgehead atoms. The molecular weight excluding hydrogens is 314 g/mol. The second-order valence-corrected chi connectivity index (χ2v) is 7.54. The van der Waals surface area contributed by atoms with Gasteiger partial charge in [-0.05, 0) is 25.3 Å². The molecule has 1 saturated heterocycles. The van der Waals surface area contributed by atoms with E-state index in [-0.39, 0.29) is 0 Å². The van der Waals surface area contributed by atoms with E-state index in [0.717, 1.165) is 57.9 Å². The van der Waals surface area contributed by atoms with Crippen LogP contribution in [0.25, 0.3) is 0 Å². The predicted molar refractivity (Wildman–Crippen MR) is 96.2 cm³/mol. The third-order valence-electron chi connectivity index (χ3n) is 5.50. The predicted octanol–water partition coefficient (Wildman–Crippen LogP) is 2.29. The molecule has 134 valence electrons. The fourth-order valence-electron chi connectivity index (χ4n) is 4.02. The molecule has 0 radical (unpaired) electrons. The Balaban J connectivity index is 1.35. The summed E-state index contributed by atoms with van der Waals surface area (Å²) < 4.78 is 7.75. The van der Waals surface area contributed by atoms with Crippen LogP contribution in [-0.4, -0.2) is 44.9 Å². The molecule has 1 fully saturated rings. The molecule has 0 saturated carbocycles. The molecule has 0 unspecified atom stereocenters. The first-order chi connectivity index (χ1) is 12.1. The van der Waals surface area contributed by atoms with Crippen molar-refractivity contribution >= 4 is 0 Å². The minimum absolute atomic E-state index is 0.574. The number of imidazole rings is 1. The molecule has 25 heavy (non-hydrogen) atoms. The number of aryl methyl sites for hydroxylation is 1. The van der Waals surface area contributed by atoms with Crippen molar-refractivity contribution in [3.63, 3.8) is 0 Å². The van der Waals surface area contributed by atoms with Crippen LogP contribution in [0.4, 0.5) is 0 Å². The number of likely N-dealkylation sites (tertiary alicyclic amines) is 1. The van der Waals surface area contributed by atoms with Crippen LogP contribution in [-0.2, 0) is 30.9 Å². The van der Waals surface area contributed by atoms with Crippen molar-refractivity contribution in [2.75, 3.05) is 19.7 Å². The van der Waals surface area contributed by atoms with Crippen LogP contribution in [0.15, 0.2) is 30.5 Å². The monoisotopic (exact) mass is 341 g/mol. The van der Waals surface area contributed by atoms with Crippen LogP contribution < -0.4 is 0 Å². The van der Waals surface area contributed by atoms with Gasteiger partial charge in [-0.25, -0.2) is 4.98 Å². The molecule has 0 amide bonds. The van der Waals surface area contributed by atoms with Gasteiger partial charge in [0.2, 0.25) is 0 Å². The Kier molecular flexibility index (Phi) is 4.63. The molecule has 0 spiro atoms. The van der Waals surface area contributed by atoms with Gasteiger partial charge in [0, 0.05) is 38.8 Å². The molecular formula is C20H27N3O2. The van der Waals surface area contributed by atoms with Crippen molar-refractivity contribution < 1.29 is 9.84 Å². The van der Waals surface area contributed by atoms with Gasteiger partial charge < -0.3 is 14.4 Å². The lowest BCUT2D eigenvalue weighted by Crippen LogP contribution is -2.45. The van der Waals surface area contributed by atoms with Crippen molar-refractivity contribution in [2.24, 2.45) is 0 Å². The number of fused-ring (bicyclic) bond motifs is 1. The van der Waals surface area contributed by atoms with E-state index in [9.17, 15) is 5.11 Å². The van der Waals surface area contributed by atoms with Gasteiger partial charge in [-0.15, -0.1) is 0 Å². The van der Waals surface area contributed by atoms with Crippen molar-refractivity contribution in [3.8, 4) is 0 Å². The summed E-state index contributed by atoms with van der Waals surface area (Å²) >= 11 is 0. The first kappa shape index (κ1) is 16.8. The van der Waals surface area contributed by atoms with Crippen LogP contribution in [0.3, 0.4) is 0 Å². The lowest BCUT2D eigenvalue weighted by Gasteiger charge is -2.38. The Hall–Kier alpha value is -1.69. The van der Waals surface area contributed by atoms with Crippen LogP contribution in [0.2, 0.25) is 0 Å². The van der Waals surface area contributed by atoms with Crippen LogP contribution in [0.1, 0.15) is 35.5 Å². The number of rotatable bonds is 4. The van der Waals surface area contributed by atoms with Gasteiger partial charge >= 0.3 is 0 Å². The maximum absolute atomic E-state index is 11.0. The molecule has 5 nitrogen and oxygen atoms in total. The second kappa shape index (κ2) is 6.90. The molecule has 3 heterocycles. The van der Waals surface area contributed by atoms with Gasteiger partial charge in [0.1, 0.15) is 12.4 Å². The maximum Gasteiger partial charge on any atom is 0.135 e. The Morgan fingerprint density at radius 2 is 2.08 bits per heavy atom. The smallest absolute Gasteiger partial charge is 0.135 e. The summed E-state index contributed by atoms with van der Waals surface area (Å²) in [7, 11) is 0. The number of ether oxygens (including phenoxy) is 1. The summed E-state index contributed by atoms with van der Waals surface area (Å²) in [4.78, 5) is 6.91. The van der Waals surface area contributed by atoms with E-state index >= 15 is 0 Å². The largest absolute Gasteiger partial charge is 0.389 e. The van der Waals surface area contributed by atoms with Gasteiger partial charge in [0.05, 0.1) is 17.9 Å². The molecule has 1 aromatic carbocycles. The number of aliphatic hydroxyl groups is 1. The summed E-state index contributed by atoms with van der Waals surface area (Å²) in [6, 6.07) is 8.49. The highest BCUT2D eigenvalue weighted by Gasteiger charge is 2.32. The third-order valence-corrected chi connectivity index (χ3v) is 5.50. The summed E-state index contributed by atoms with van der Waals surface area (Å²) in [5.74, 6) is 1.04. The number of nitrogens with zero attached hydrogens (tertiary/aromatic N) is 3. The summed E-state index contributed by atoms with van der Waals surface area (Å²) in [5.41, 5.74) is 3.19. The normalized spacial score (nSPS) is 20.4. The number of hydrogen-bond donors (Lipinski definition) is 1. The molecule has 5 heteroatoms. The van der Waals surface area contributed by atoms with E-state index in [1.165, 1.54) is 16.8 Å². The lowest BCUT2D eigenvalue weighted by molar-refractivity contribution is -0.0231. The van der Waals surface area contributed by atoms with Gasteiger partial charge in [-0.1, -0.05) is 29.8 Å². The minimum atomic E-state index is -0.574. The SMILES string of the molecule is Cc1cccc(CC2(O)CCN(Cc3cnc4n3CCOC4)CC2)c1. The van der Waals surface area contributed by atoms with Gasteiger partial charge in [0.25, 0.3) is 0 Å². The Labute approximate surface area is 149 Å². The third kappa shape index (κ3) is 3.78. The van der Waals surface area contributed by atoms with Crippen molar-refractivity contribution in [3.05, 3.63) is 53.1 Å². The Morgan fingerprint density at radius 1 is 1.24 bits per heavy atom. The minimum Gasteiger partial charge on any atom is -0.389 e. The van der Waals surface area contributed by atoms with Crippen LogP contribution in [0, 0.1) is 6.92 Å². The Bertz CT molecular complexity index is 732. The number of benzene rings is 1. The molecule has 2 aromatic rings. The van der Waals surface area contributed by atoms with Crippen LogP contribution >= 0.6 is 0 Å². The van der Waals surface area contributed by atoms with Crippen molar-refractivity contribution in [1.29, 1.82) is 0 Å². The number of piperidine rings is 1. The molecule has 4 rings (SSSR count). The highest BCUT2D eigenvalue weighted by molar-refractivity contribution is 5.24. The van der Waals surface area contributed by atoms with Crippen LogP contribution in [0.5, 0.6) is 0 Å². The Morgan fingerprint density at radius 3 is 2.88 bits per heavy atom. The van der Waals surface area contributed by atoms with E-state index in [1.807, 2.05) is 6.20 Å². The number of hydrogen-bond acceptors (Lipinski definition) is 4. The van der Waals surface area contributed by atoms with Gasteiger partial charge in [-0.2, -0.15) is 0 Å². The molecule has 1 N–H and O–H groups in total. The second-order valence-electron chi connectivity index (χ2n) is 7.54. The first-order valence-electron chi connectivity index (χ1n) is 9.23. The standard InChI is InChI=1S/C20H27N3O2/c1-16-3-2-4-17(11-16)12-20(24)5-7-22(8-6-20)14-18-13-21-19-15-25-10-9-23(18)19/h2-4,11,13,24H,5-10,12,14-15H2,1H3. The van der Waals surface area contributed by atoms with E-state index < -0.39 is 5.60 Å². The summed E-state index contributed by atoms with van der Waals surface area (Å²) in [6.07, 6.45) is 4.38. The fourth-order valence-corrected chi connectivity index (χ4v) is 4.02. The molecule has 2 aliphatic rings. The van der Waals surface area contributed by atoms with E-state index in [1.54, 1.807) is 0 Å². The van der Waals surface area contributed by atoms with E-state index in [0.29, 0.717) is 6.61 Å². The highest BCUT2D eigenvalue weighted by atomic mass is 16.5. The zero-order valence-corrected chi connectivity index (χ0v) is 14.9. The first-order valence-corrected chi connectivity index (χ1v) is 9.23. The summed E-state index contributed by atoms with van der Waals surface area (Å²) in [6.45, 7) is 7.16. The van der Waals surface area contributed by atoms with Crippen molar-refractivity contribution in [1.82, 2.24) is 14.5 Å². The zero-order valence-electron chi connectivity index (χ0n) is 14.9. The van der Waals surface area contributed by atoms with E-state index in [2.05, 4.69) is 45.6 Å². The lowest BCUT2D eigenvalue weighted by atomic mass is 9.85. The fraction of sp³-hybridized carbons (Fsp3) is 0.550. The number of aromatic nitrogens is 2. The van der Waals surface area contributed by atoms with E-state index in [4.69, 9.17) is 4.74 Å². The summed E-state index contributed by atoms with van der Waals surface area (Å²) in [5, 5.41) is 11.0. The van der Waals surface area contributed by atoms with Gasteiger partial charge in [-0.3, -0.25) is 4.90 Å². The zero-order chi connectivity index (χ0) is 17.3. The molecule has 0 aliphatic carbocycles. The molecule has 0 atom stereocenters. The topological polar surface area (TPSA) is 50.5 Å². The average molecular weight is 341 g/mol. The van der Waals surface area contributed by atoms with Gasteiger partial charge in [0.15, 0.2) is 0 Å². The average Bonchev–Trinajstić information content (AvgIpc) is 3.00. The maximum atomic E-state index is 11.0. The van der Waals surface area contributed by atoms with Crippen molar-refractivity contribution in [2.45, 2.75) is 51.5 Å². The molecule has 1 aromatic heterocycles. The highest BCUT2D eigenvalue weighted by Crippen LogP contribution is 2.27. The molecule has 2 aliphatic heterocycles. The quantitative estimate of drug-likeness (QED) is 0.927.